The standard InChI is InChI=1S/C58H34N4S2/c1-3-15-36(16-4-1)53-34-47-57(64-53)55(38-28-31-52-45(33-38)43-21-10-12-25-51(43)63-52)60-58(59-47)62-49-29-27-37(32-46(49)54-40-19-8-7-14-35(40)26-30-50(54)62)41-22-13-23-44-42-20-9-11-24-48(42)61(56(41)44)39-17-5-2-6-18-39/h1-34H. The largest absolute Gasteiger partial charge is 0.309 e. The van der Waals surface area contributed by atoms with Gasteiger partial charge in [0.1, 0.15) is 0 Å². The van der Waals surface area contributed by atoms with Gasteiger partial charge in [0.15, 0.2) is 0 Å². The fourth-order valence-corrected chi connectivity index (χ4v) is 12.3. The van der Waals surface area contributed by atoms with Crippen molar-refractivity contribution in [2.45, 2.75) is 0 Å². The van der Waals surface area contributed by atoms with Crippen molar-refractivity contribution in [3.8, 4) is 44.5 Å². The SMILES string of the molecule is c1ccc(-c2cc3nc(-n4c5ccc(-c6cccc7c8ccccc8n(-c8ccccc8)c67)cc5c5c6ccccc6ccc54)nc(-c4ccc5sc6ccccc6c5c4)c3s2)cc1. The zero-order chi connectivity index (χ0) is 41.9. The van der Waals surface area contributed by atoms with Gasteiger partial charge in [0, 0.05) is 63.4 Å². The molecular formula is C58H34N4S2. The second-order valence-corrected chi connectivity index (χ2v) is 18.6. The minimum absolute atomic E-state index is 0.657. The molecule has 0 aliphatic carbocycles. The normalized spacial score (nSPS) is 12.1. The average molecular weight is 851 g/mol. The summed E-state index contributed by atoms with van der Waals surface area (Å²) in [6.07, 6.45) is 0. The summed E-state index contributed by atoms with van der Waals surface area (Å²) < 4.78 is 8.37. The predicted octanol–water partition coefficient (Wildman–Crippen LogP) is 16.4. The van der Waals surface area contributed by atoms with Crippen LogP contribution in [0.4, 0.5) is 0 Å². The second-order valence-electron chi connectivity index (χ2n) is 16.5. The molecule has 0 amide bonds. The number of nitrogens with zero attached hydrogens (tertiary/aromatic N) is 4. The van der Waals surface area contributed by atoms with Crippen LogP contribution >= 0.6 is 22.7 Å². The Bertz CT molecular complexity index is 4190. The van der Waals surface area contributed by atoms with Crippen LogP contribution in [0.25, 0.3) is 129 Å². The van der Waals surface area contributed by atoms with Crippen molar-refractivity contribution in [2.24, 2.45) is 0 Å². The van der Waals surface area contributed by atoms with E-state index < -0.39 is 0 Å². The zero-order valence-corrected chi connectivity index (χ0v) is 35.9. The lowest BCUT2D eigenvalue weighted by Gasteiger charge is -2.12. The highest BCUT2D eigenvalue weighted by atomic mass is 32.1. The number of hydrogen-bond donors (Lipinski definition) is 0. The summed E-state index contributed by atoms with van der Waals surface area (Å²) in [5, 5.41) is 9.76. The van der Waals surface area contributed by atoms with E-state index >= 15 is 0 Å². The van der Waals surface area contributed by atoms with Gasteiger partial charge in [-0.15, -0.1) is 22.7 Å². The van der Waals surface area contributed by atoms with Crippen LogP contribution in [-0.4, -0.2) is 19.1 Å². The number of thiophene rings is 2. The smallest absolute Gasteiger partial charge is 0.235 e. The topological polar surface area (TPSA) is 35.6 Å². The number of rotatable bonds is 5. The molecule has 0 aliphatic heterocycles. The maximum Gasteiger partial charge on any atom is 0.235 e. The van der Waals surface area contributed by atoms with Gasteiger partial charge in [-0.25, -0.2) is 9.97 Å². The van der Waals surface area contributed by atoms with Crippen LogP contribution in [0.3, 0.4) is 0 Å². The van der Waals surface area contributed by atoms with E-state index in [0.717, 1.165) is 49.1 Å². The van der Waals surface area contributed by atoms with Gasteiger partial charge in [-0.05, 0) is 82.6 Å². The highest BCUT2D eigenvalue weighted by Gasteiger charge is 2.23. The lowest BCUT2D eigenvalue weighted by molar-refractivity contribution is 1.02. The number of fused-ring (bicyclic) bond motifs is 12. The van der Waals surface area contributed by atoms with E-state index in [4.69, 9.17) is 9.97 Å². The number of aromatic nitrogens is 4. The molecule has 0 fully saturated rings. The molecule has 64 heavy (non-hydrogen) atoms. The molecule has 4 nitrogen and oxygen atoms in total. The summed E-state index contributed by atoms with van der Waals surface area (Å²) in [5.41, 5.74) is 12.2. The zero-order valence-electron chi connectivity index (χ0n) is 34.2. The van der Waals surface area contributed by atoms with Gasteiger partial charge in [0.05, 0.1) is 38.0 Å². The highest BCUT2D eigenvalue weighted by molar-refractivity contribution is 7.25. The first kappa shape index (κ1) is 35.7. The molecule has 6 heteroatoms. The van der Waals surface area contributed by atoms with E-state index in [-0.39, 0.29) is 0 Å². The Balaban J connectivity index is 1.05. The van der Waals surface area contributed by atoms with E-state index in [1.165, 1.54) is 74.1 Å². The molecule has 5 heterocycles. The van der Waals surface area contributed by atoms with Gasteiger partial charge in [0.25, 0.3) is 0 Å². The van der Waals surface area contributed by atoms with Gasteiger partial charge in [-0.1, -0.05) is 146 Å². The molecule has 0 radical (unpaired) electrons. The van der Waals surface area contributed by atoms with Gasteiger partial charge in [-0.2, -0.15) is 0 Å². The number of benzene rings is 9. The monoisotopic (exact) mass is 850 g/mol. The summed E-state index contributed by atoms with van der Waals surface area (Å²) >= 11 is 3.61. The maximum absolute atomic E-state index is 5.63. The molecule has 0 saturated heterocycles. The van der Waals surface area contributed by atoms with Gasteiger partial charge in [0.2, 0.25) is 5.95 Å². The third-order valence-corrected chi connectivity index (χ3v) is 15.3. The Labute approximate surface area is 375 Å². The summed E-state index contributed by atoms with van der Waals surface area (Å²) in [4.78, 5) is 12.3. The van der Waals surface area contributed by atoms with Gasteiger partial charge >= 0.3 is 0 Å². The fraction of sp³-hybridized carbons (Fsp3) is 0. The molecule has 298 valence electrons. The Hall–Kier alpha value is -7.90. The van der Waals surface area contributed by atoms with E-state index in [1.807, 2.05) is 11.3 Å². The Morgan fingerprint density at radius 3 is 1.97 bits per heavy atom. The van der Waals surface area contributed by atoms with Crippen molar-refractivity contribution in [3.63, 3.8) is 0 Å². The van der Waals surface area contributed by atoms with Crippen molar-refractivity contribution in [1.82, 2.24) is 19.1 Å². The molecule has 0 spiro atoms. The molecule has 0 saturated carbocycles. The Morgan fingerprint density at radius 1 is 0.391 bits per heavy atom. The molecule has 0 atom stereocenters. The summed E-state index contributed by atoms with van der Waals surface area (Å²) in [6.45, 7) is 0. The third-order valence-electron chi connectivity index (χ3n) is 12.9. The van der Waals surface area contributed by atoms with Crippen molar-refractivity contribution in [2.75, 3.05) is 0 Å². The van der Waals surface area contributed by atoms with E-state index in [1.54, 1.807) is 11.3 Å². The van der Waals surface area contributed by atoms with E-state index in [2.05, 4.69) is 215 Å². The number of para-hydroxylation sites is 3. The van der Waals surface area contributed by atoms with Crippen LogP contribution in [-0.2, 0) is 0 Å². The highest BCUT2D eigenvalue weighted by Crippen LogP contribution is 2.45. The van der Waals surface area contributed by atoms with Crippen LogP contribution in [0.2, 0.25) is 0 Å². The first-order valence-electron chi connectivity index (χ1n) is 21.6. The molecule has 14 rings (SSSR count). The first-order valence-corrected chi connectivity index (χ1v) is 23.2. The second kappa shape index (κ2) is 13.8. The summed E-state index contributed by atoms with van der Waals surface area (Å²) in [5.74, 6) is 0.657. The van der Waals surface area contributed by atoms with E-state index in [9.17, 15) is 0 Å². The first-order chi connectivity index (χ1) is 31.7. The third kappa shape index (κ3) is 5.27. The quantitative estimate of drug-likeness (QED) is 0.173. The van der Waals surface area contributed by atoms with E-state index in [0.29, 0.717) is 5.95 Å². The molecule has 5 aromatic heterocycles. The fourth-order valence-electron chi connectivity index (χ4n) is 10.1. The lowest BCUT2D eigenvalue weighted by atomic mass is 9.98. The lowest BCUT2D eigenvalue weighted by Crippen LogP contribution is -2.02. The molecule has 14 aromatic rings. The number of hydrogen-bond acceptors (Lipinski definition) is 4. The molecule has 0 N–H and O–H groups in total. The van der Waals surface area contributed by atoms with Crippen LogP contribution in [0.1, 0.15) is 0 Å². The minimum Gasteiger partial charge on any atom is -0.309 e. The molecule has 0 unspecified atom stereocenters. The van der Waals surface area contributed by atoms with Crippen molar-refractivity contribution in [1.29, 1.82) is 0 Å². The molecule has 0 aliphatic rings. The molecular weight excluding hydrogens is 817 g/mol. The van der Waals surface area contributed by atoms with Crippen LogP contribution < -0.4 is 0 Å². The van der Waals surface area contributed by atoms with Crippen molar-refractivity contribution < 1.29 is 0 Å². The van der Waals surface area contributed by atoms with Crippen molar-refractivity contribution >= 4 is 107 Å². The van der Waals surface area contributed by atoms with Gasteiger partial charge < -0.3 is 4.57 Å². The summed E-state index contributed by atoms with van der Waals surface area (Å²) in [6, 6.07) is 74.8. The average Bonchev–Trinajstić information content (AvgIpc) is 4.13. The minimum atomic E-state index is 0.657. The molecule has 9 aromatic carbocycles. The summed E-state index contributed by atoms with van der Waals surface area (Å²) in [7, 11) is 0. The van der Waals surface area contributed by atoms with Crippen LogP contribution in [0.5, 0.6) is 0 Å². The Morgan fingerprint density at radius 2 is 1.08 bits per heavy atom. The van der Waals surface area contributed by atoms with Crippen LogP contribution in [0, 0.1) is 0 Å². The predicted molar refractivity (Wildman–Crippen MR) is 273 cm³/mol. The molecule has 0 bridgehead atoms. The van der Waals surface area contributed by atoms with Gasteiger partial charge in [-0.3, -0.25) is 4.57 Å². The van der Waals surface area contributed by atoms with Crippen LogP contribution in [0.15, 0.2) is 206 Å². The Kier molecular flexibility index (Phi) is 7.69. The van der Waals surface area contributed by atoms with Crippen molar-refractivity contribution in [3.05, 3.63) is 206 Å². The maximum atomic E-state index is 5.63.